The van der Waals surface area contributed by atoms with Crippen LogP contribution >= 0.6 is 11.6 Å². The van der Waals surface area contributed by atoms with Gasteiger partial charge in [-0.1, -0.05) is 29.8 Å². The number of anilines is 1. The third-order valence-electron chi connectivity index (χ3n) is 6.63. The molecule has 0 radical (unpaired) electrons. The van der Waals surface area contributed by atoms with Gasteiger partial charge in [0, 0.05) is 10.6 Å². The van der Waals surface area contributed by atoms with Crippen LogP contribution in [0.4, 0.5) is 5.69 Å². The third kappa shape index (κ3) is 5.11. The normalized spacial score (nSPS) is 13.2. The molecule has 4 aromatic rings. The number of imide groups is 1. The average Bonchev–Trinajstić information content (AvgIpc) is 3.20. The Balaban J connectivity index is 1.31. The highest BCUT2D eigenvalue weighted by molar-refractivity contribution is 6.34. The number of rotatable bonds is 7. The van der Waals surface area contributed by atoms with E-state index in [0.717, 1.165) is 21.8 Å². The summed E-state index contributed by atoms with van der Waals surface area (Å²) in [5.41, 5.74) is 2.99. The zero-order valence-electron chi connectivity index (χ0n) is 21.9. The van der Waals surface area contributed by atoms with Crippen molar-refractivity contribution in [3.63, 3.8) is 0 Å². The number of nitrogens with zero attached hydrogens (tertiary/aromatic N) is 1. The minimum atomic E-state index is -1.07. The molecular weight excluding hydrogens is 530 g/mol. The number of halogens is 1. The zero-order valence-corrected chi connectivity index (χ0v) is 22.7. The fourth-order valence-electron chi connectivity index (χ4n) is 4.47. The summed E-state index contributed by atoms with van der Waals surface area (Å²) in [5, 5.41) is 0.481. The van der Waals surface area contributed by atoms with Gasteiger partial charge in [-0.2, -0.15) is 0 Å². The van der Waals surface area contributed by atoms with Crippen LogP contribution in [0.2, 0.25) is 5.02 Å². The van der Waals surface area contributed by atoms with Crippen LogP contribution in [0.25, 0.3) is 0 Å². The molecule has 7 nitrogen and oxygen atoms in total. The number of amides is 2. The molecule has 0 N–H and O–H groups in total. The van der Waals surface area contributed by atoms with Crippen molar-refractivity contribution in [2.75, 3.05) is 4.90 Å². The predicted octanol–water partition coefficient (Wildman–Crippen LogP) is 6.98. The van der Waals surface area contributed by atoms with Gasteiger partial charge in [0.05, 0.1) is 22.4 Å². The summed E-state index contributed by atoms with van der Waals surface area (Å²) >= 11 is 5.87. The highest BCUT2D eigenvalue weighted by Crippen LogP contribution is 2.33. The number of aryl methyl sites for hydroxylation is 2. The number of ether oxygens (including phenoxy) is 2. The molecule has 200 valence electrons. The van der Waals surface area contributed by atoms with Crippen molar-refractivity contribution >= 4 is 40.9 Å². The van der Waals surface area contributed by atoms with E-state index in [1.165, 1.54) is 25.1 Å². The Kier molecular flexibility index (Phi) is 7.24. The van der Waals surface area contributed by atoms with Crippen LogP contribution in [0, 0.1) is 13.8 Å². The maximum atomic E-state index is 13.2. The summed E-state index contributed by atoms with van der Waals surface area (Å²) < 4.78 is 11.4. The minimum Gasteiger partial charge on any atom is -0.457 e. The fourth-order valence-corrected chi connectivity index (χ4v) is 4.60. The number of esters is 1. The van der Waals surface area contributed by atoms with E-state index >= 15 is 0 Å². The number of carbonyl (C=O) groups is 4. The molecule has 1 atom stereocenters. The molecule has 1 heterocycles. The first kappa shape index (κ1) is 26.8. The number of hydrogen-bond donors (Lipinski definition) is 0. The van der Waals surface area contributed by atoms with Crippen molar-refractivity contribution in [1.82, 2.24) is 0 Å². The third-order valence-corrected chi connectivity index (χ3v) is 6.88. The van der Waals surface area contributed by atoms with Gasteiger partial charge < -0.3 is 9.47 Å². The first-order valence-corrected chi connectivity index (χ1v) is 12.9. The molecule has 1 aliphatic rings. The molecule has 1 aliphatic heterocycles. The van der Waals surface area contributed by atoms with E-state index in [9.17, 15) is 19.2 Å². The number of carbonyl (C=O) groups excluding carboxylic acids is 4. The Hall–Kier alpha value is -4.75. The lowest BCUT2D eigenvalue weighted by molar-refractivity contribution is 0.0318. The first-order valence-electron chi connectivity index (χ1n) is 12.5. The number of Topliss-reactive ketones (excluding diaryl/α,β-unsaturated/α-hetero) is 1. The second-order valence-electron chi connectivity index (χ2n) is 9.44. The van der Waals surface area contributed by atoms with Gasteiger partial charge in [-0.05, 0) is 98.6 Å². The molecule has 1 unspecified atom stereocenters. The van der Waals surface area contributed by atoms with Crippen molar-refractivity contribution in [2.45, 2.75) is 26.9 Å². The topological polar surface area (TPSA) is 90.0 Å². The minimum absolute atomic E-state index is 0.0508. The van der Waals surface area contributed by atoms with E-state index in [0.29, 0.717) is 22.0 Å². The van der Waals surface area contributed by atoms with Gasteiger partial charge in [0.15, 0.2) is 6.10 Å². The van der Waals surface area contributed by atoms with Crippen LogP contribution < -0.4 is 9.64 Å². The lowest BCUT2D eigenvalue weighted by Crippen LogP contribution is -2.29. The quantitative estimate of drug-likeness (QED) is 0.139. The second kappa shape index (κ2) is 10.8. The number of para-hydroxylation sites is 1. The van der Waals surface area contributed by atoms with Gasteiger partial charge in [-0.3, -0.25) is 14.4 Å². The number of fused-ring (bicyclic) bond motifs is 1. The molecule has 0 aliphatic carbocycles. The molecule has 0 bridgehead atoms. The van der Waals surface area contributed by atoms with Crippen molar-refractivity contribution in [3.05, 3.63) is 123 Å². The van der Waals surface area contributed by atoms with E-state index in [2.05, 4.69) is 0 Å². The van der Waals surface area contributed by atoms with Gasteiger partial charge in [0.2, 0.25) is 5.78 Å². The summed E-state index contributed by atoms with van der Waals surface area (Å²) in [7, 11) is 0. The van der Waals surface area contributed by atoms with Crippen LogP contribution in [-0.4, -0.2) is 29.7 Å². The number of hydrogen-bond acceptors (Lipinski definition) is 6. The van der Waals surface area contributed by atoms with Crippen LogP contribution in [0.3, 0.4) is 0 Å². The summed E-state index contributed by atoms with van der Waals surface area (Å²) in [6, 6.07) is 22.9. The Morgan fingerprint density at radius 3 is 2.02 bits per heavy atom. The smallest absolute Gasteiger partial charge is 0.338 e. The molecule has 0 spiro atoms. The maximum absolute atomic E-state index is 13.2. The lowest BCUT2D eigenvalue weighted by atomic mass is 10.1. The molecule has 0 saturated heterocycles. The molecule has 8 heteroatoms. The van der Waals surface area contributed by atoms with Crippen molar-refractivity contribution in [2.24, 2.45) is 0 Å². The van der Waals surface area contributed by atoms with E-state index < -0.39 is 29.7 Å². The average molecular weight is 554 g/mol. The Labute approximate surface area is 235 Å². The van der Waals surface area contributed by atoms with Crippen molar-refractivity contribution in [1.29, 1.82) is 0 Å². The molecule has 2 amide bonds. The van der Waals surface area contributed by atoms with Crippen LogP contribution in [0.15, 0.2) is 84.9 Å². The van der Waals surface area contributed by atoms with Gasteiger partial charge >= 0.3 is 5.97 Å². The molecular formula is C32H24ClNO6. The second-order valence-corrected chi connectivity index (χ2v) is 9.88. The monoisotopic (exact) mass is 553 g/mol. The van der Waals surface area contributed by atoms with Crippen LogP contribution in [0.5, 0.6) is 11.5 Å². The summed E-state index contributed by atoms with van der Waals surface area (Å²) in [6.45, 7) is 5.38. The largest absolute Gasteiger partial charge is 0.457 e. The summed E-state index contributed by atoms with van der Waals surface area (Å²) in [5.74, 6) is -0.944. The molecule has 4 aromatic carbocycles. The van der Waals surface area contributed by atoms with Crippen LogP contribution in [-0.2, 0) is 4.74 Å². The first-order chi connectivity index (χ1) is 19.1. The van der Waals surface area contributed by atoms with Gasteiger partial charge in [-0.25, -0.2) is 9.69 Å². The van der Waals surface area contributed by atoms with E-state index in [1.807, 2.05) is 32.0 Å². The highest BCUT2D eigenvalue weighted by Gasteiger charge is 2.37. The molecule has 0 aromatic heterocycles. The van der Waals surface area contributed by atoms with E-state index in [1.54, 1.807) is 48.5 Å². The zero-order chi connectivity index (χ0) is 28.6. The fraction of sp³-hybridized carbons (Fsp3) is 0.125. The highest BCUT2D eigenvalue weighted by atomic mass is 35.5. The van der Waals surface area contributed by atoms with E-state index in [4.69, 9.17) is 21.1 Å². The molecule has 0 saturated carbocycles. The lowest BCUT2D eigenvalue weighted by Gasteiger charge is -2.15. The van der Waals surface area contributed by atoms with Gasteiger partial charge in [0.25, 0.3) is 11.8 Å². The van der Waals surface area contributed by atoms with Crippen LogP contribution in [0.1, 0.15) is 59.5 Å². The molecule has 5 rings (SSSR count). The maximum Gasteiger partial charge on any atom is 0.338 e. The summed E-state index contributed by atoms with van der Waals surface area (Å²) in [6.07, 6.45) is -1.07. The van der Waals surface area contributed by atoms with Gasteiger partial charge in [0.1, 0.15) is 11.5 Å². The number of benzene rings is 4. The SMILES string of the molecule is Cc1cccc(C)c1Oc1ccc(N2C(=O)c3ccc(C(=O)OC(C)C(=O)c4ccc(Cl)cc4)cc3C2=O)cc1. The predicted molar refractivity (Wildman–Crippen MR) is 151 cm³/mol. The molecule has 0 fully saturated rings. The molecule has 40 heavy (non-hydrogen) atoms. The Bertz CT molecular complexity index is 1640. The van der Waals surface area contributed by atoms with Crippen molar-refractivity contribution in [3.8, 4) is 11.5 Å². The Morgan fingerprint density at radius 2 is 1.38 bits per heavy atom. The standard InChI is InChI=1S/C32H24ClNO6/c1-18-5-4-6-19(2)29(18)40-25-14-12-24(13-15-25)34-30(36)26-16-9-22(17-27(26)31(34)37)32(38)39-20(3)28(35)21-7-10-23(33)11-8-21/h4-17,20H,1-3H3. The summed E-state index contributed by atoms with van der Waals surface area (Å²) in [4.78, 5) is 52.8. The van der Waals surface area contributed by atoms with Gasteiger partial charge in [-0.15, -0.1) is 0 Å². The Morgan fingerprint density at radius 1 is 0.775 bits per heavy atom. The number of ketones is 1. The van der Waals surface area contributed by atoms with Crippen molar-refractivity contribution < 1.29 is 28.7 Å². The van der Waals surface area contributed by atoms with E-state index in [-0.39, 0.29) is 16.7 Å².